The van der Waals surface area contributed by atoms with Crippen LogP contribution in [-0.2, 0) is 0 Å². The van der Waals surface area contributed by atoms with E-state index in [0.29, 0.717) is 0 Å². The Bertz CT molecular complexity index is 1580. The highest BCUT2D eigenvalue weighted by atomic mass is 19.1. The average molecular weight is 419 g/mol. The van der Waals surface area contributed by atoms with Crippen LogP contribution in [0.2, 0.25) is 0 Å². The van der Waals surface area contributed by atoms with Gasteiger partial charge in [0.05, 0.1) is 28.6 Å². The van der Waals surface area contributed by atoms with Gasteiger partial charge in [-0.2, -0.15) is 5.10 Å². The zero-order chi connectivity index (χ0) is 21.7. The molecule has 0 spiro atoms. The van der Waals surface area contributed by atoms with Gasteiger partial charge in [0.2, 0.25) is 0 Å². The molecule has 2 aromatic carbocycles. The third kappa shape index (κ3) is 3.04. The van der Waals surface area contributed by atoms with E-state index >= 15 is 0 Å². The van der Waals surface area contributed by atoms with E-state index < -0.39 is 0 Å². The van der Waals surface area contributed by atoms with Crippen LogP contribution in [-0.4, -0.2) is 25.1 Å². The Morgan fingerprint density at radius 1 is 0.844 bits per heavy atom. The topological polar surface area (TPSA) is 70.2 Å². The molecule has 6 aromatic rings. The van der Waals surface area contributed by atoms with Crippen molar-refractivity contribution in [3.8, 4) is 33.8 Å². The molecule has 0 bridgehead atoms. The molecule has 4 aromatic heterocycles. The summed E-state index contributed by atoms with van der Waals surface area (Å²) in [5.41, 5.74) is 7.97. The first kappa shape index (κ1) is 18.4. The minimum absolute atomic E-state index is 0.256. The summed E-state index contributed by atoms with van der Waals surface area (Å²) >= 11 is 0. The minimum atomic E-state index is -0.256. The Balaban J connectivity index is 1.52. The molecule has 0 aliphatic rings. The van der Waals surface area contributed by atoms with Crippen LogP contribution in [0.25, 0.3) is 55.6 Å². The molecule has 0 aliphatic carbocycles. The second-order valence-electron chi connectivity index (χ2n) is 7.90. The number of aromatic amines is 2. The molecule has 0 amide bonds. The number of aryl methyl sites for hydroxylation is 1. The van der Waals surface area contributed by atoms with Crippen LogP contribution >= 0.6 is 0 Å². The van der Waals surface area contributed by atoms with E-state index in [4.69, 9.17) is 0 Å². The molecule has 0 unspecified atom stereocenters. The fourth-order valence-corrected chi connectivity index (χ4v) is 4.21. The number of nitrogens with zero attached hydrogens (tertiary/aromatic N) is 3. The Labute approximate surface area is 183 Å². The van der Waals surface area contributed by atoms with Crippen LogP contribution in [0.3, 0.4) is 0 Å². The van der Waals surface area contributed by atoms with E-state index in [1.165, 1.54) is 6.07 Å². The van der Waals surface area contributed by atoms with Crippen LogP contribution in [0.5, 0.6) is 0 Å². The molecule has 0 radical (unpaired) electrons. The van der Waals surface area contributed by atoms with Gasteiger partial charge < -0.3 is 4.98 Å². The Morgan fingerprint density at radius 3 is 2.62 bits per heavy atom. The maximum Gasteiger partial charge on any atom is 0.124 e. The maximum absolute atomic E-state index is 14.0. The number of pyridine rings is 2. The van der Waals surface area contributed by atoms with E-state index in [-0.39, 0.29) is 5.82 Å². The van der Waals surface area contributed by atoms with Crippen molar-refractivity contribution >= 4 is 21.8 Å². The van der Waals surface area contributed by atoms with Crippen molar-refractivity contribution in [2.75, 3.05) is 0 Å². The fourth-order valence-electron chi connectivity index (χ4n) is 4.21. The number of fused-ring (bicyclic) bond motifs is 2. The summed E-state index contributed by atoms with van der Waals surface area (Å²) in [5, 5.41) is 9.65. The van der Waals surface area contributed by atoms with Gasteiger partial charge in [-0.1, -0.05) is 18.2 Å². The van der Waals surface area contributed by atoms with Gasteiger partial charge in [-0.15, -0.1) is 0 Å². The summed E-state index contributed by atoms with van der Waals surface area (Å²) in [6.45, 7) is 1.89. The summed E-state index contributed by atoms with van der Waals surface area (Å²) in [6.07, 6.45) is 5.34. The van der Waals surface area contributed by atoms with Gasteiger partial charge in [0.15, 0.2) is 0 Å². The molecule has 4 heterocycles. The molecule has 5 nitrogen and oxygen atoms in total. The van der Waals surface area contributed by atoms with Gasteiger partial charge in [-0.25, -0.2) is 4.39 Å². The van der Waals surface area contributed by atoms with Crippen molar-refractivity contribution in [3.05, 3.63) is 90.6 Å². The van der Waals surface area contributed by atoms with Crippen LogP contribution in [0.1, 0.15) is 5.56 Å². The van der Waals surface area contributed by atoms with E-state index in [1.807, 2.05) is 43.3 Å². The van der Waals surface area contributed by atoms with Gasteiger partial charge >= 0.3 is 0 Å². The quantitative estimate of drug-likeness (QED) is 0.354. The molecule has 0 fully saturated rings. The van der Waals surface area contributed by atoms with Crippen molar-refractivity contribution in [1.29, 1.82) is 0 Å². The first-order valence-corrected chi connectivity index (χ1v) is 10.3. The number of aromatic nitrogens is 5. The van der Waals surface area contributed by atoms with E-state index in [9.17, 15) is 4.39 Å². The molecule has 2 N–H and O–H groups in total. The summed E-state index contributed by atoms with van der Waals surface area (Å²) in [7, 11) is 0. The minimum Gasteiger partial charge on any atom is -0.352 e. The summed E-state index contributed by atoms with van der Waals surface area (Å²) in [5.74, 6) is -0.256. The molecule has 6 heteroatoms. The monoisotopic (exact) mass is 419 g/mol. The molecular weight excluding hydrogens is 401 g/mol. The number of rotatable bonds is 3. The normalized spacial score (nSPS) is 11.4. The first-order valence-electron chi connectivity index (χ1n) is 10.3. The Hall–Kier alpha value is -4.32. The van der Waals surface area contributed by atoms with Crippen molar-refractivity contribution in [3.63, 3.8) is 0 Å². The lowest BCUT2D eigenvalue weighted by Gasteiger charge is -2.05. The van der Waals surface area contributed by atoms with Crippen LogP contribution in [0, 0.1) is 12.7 Å². The Morgan fingerprint density at radius 2 is 1.78 bits per heavy atom. The summed E-state index contributed by atoms with van der Waals surface area (Å²) < 4.78 is 14.0. The molecule has 6 rings (SSSR count). The predicted molar refractivity (Wildman–Crippen MR) is 125 cm³/mol. The van der Waals surface area contributed by atoms with Crippen molar-refractivity contribution in [1.82, 2.24) is 25.1 Å². The first-order chi connectivity index (χ1) is 15.7. The van der Waals surface area contributed by atoms with E-state index in [2.05, 4.69) is 37.3 Å². The zero-order valence-corrected chi connectivity index (χ0v) is 17.2. The van der Waals surface area contributed by atoms with E-state index in [0.717, 1.165) is 61.1 Å². The number of H-pyrrole nitrogens is 2. The van der Waals surface area contributed by atoms with Gasteiger partial charge in [0.25, 0.3) is 0 Å². The summed E-state index contributed by atoms with van der Waals surface area (Å²) in [4.78, 5) is 12.3. The maximum atomic E-state index is 14.0. The van der Waals surface area contributed by atoms with Crippen molar-refractivity contribution in [2.45, 2.75) is 6.92 Å². The van der Waals surface area contributed by atoms with Crippen molar-refractivity contribution in [2.24, 2.45) is 0 Å². The molecule has 0 aliphatic heterocycles. The zero-order valence-electron chi connectivity index (χ0n) is 17.2. The standard InChI is InChI=1S/C26H18FN5/c1-15-8-17(10-18(27)9-15)21-13-28-14-25-19(21)12-24(30-25)26-20-11-16(5-6-23(20)31-32-26)22-4-2-3-7-29-22/h2-14,30H,1H3,(H,31,32). The lowest BCUT2D eigenvalue weighted by molar-refractivity contribution is 0.627. The lowest BCUT2D eigenvalue weighted by atomic mass is 10.0. The van der Waals surface area contributed by atoms with Crippen molar-refractivity contribution < 1.29 is 4.39 Å². The largest absolute Gasteiger partial charge is 0.352 e. The van der Waals surface area contributed by atoms with Gasteiger partial charge in [0, 0.05) is 34.3 Å². The number of nitrogens with one attached hydrogen (secondary N) is 2. The molecule has 0 atom stereocenters. The van der Waals surface area contributed by atoms with Gasteiger partial charge in [0.1, 0.15) is 11.5 Å². The van der Waals surface area contributed by atoms with Gasteiger partial charge in [-0.05, 0) is 60.5 Å². The number of hydrogen-bond donors (Lipinski definition) is 2. The highest BCUT2D eigenvalue weighted by molar-refractivity contribution is 6.01. The summed E-state index contributed by atoms with van der Waals surface area (Å²) in [6, 6.07) is 19.1. The van der Waals surface area contributed by atoms with Crippen LogP contribution in [0.15, 0.2) is 79.3 Å². The van der Waals surface area contributed by atoms with E-state index in [1.54, 1.807) is 24.7 Å². The highest BCUT2D eigenvalue weighted by Crippen LogP contribution is 2.35. The fraction of sp³-hybridized carbons (Fsp3) is 0.0385. The molecule has 0 saturated carbocycles. The van der Waals surface area contributed by atoms with Gasteiger partial charge in [-0.3, -0.25) is 15.1 Å². The molecular formula is C26H18FN5. The van der Waals surface area contributed by atoms with Crippen LogP contribution < -0.4 is 0 Å². The number of halogens is 1. The molecule has 32 heavy (non-hydrogen) atoms. The molecule has 0 saturated heterocycles. The second-order valence-corrected chi connectivity index (χ2v) is 7.90. The Kier molecular flexibility index (Phi) is 4.11. The smallest absolute Gasteiger partial charge is 0.124 e. The molecule has 154 valence electrons. The van der Waals surface area contributed by atoms with Crippen LogP contribution in [0.4, 0.5) is 4.39 Å². The number of hydrogen-bond acceptors (Lipinski definition) is 3. The predicted octanol–water partition coefficient (Wildman–Crippen LogP) is 6.28. The SMILES string of the molecule is Cc1cc(F)cc(-c2cncc3[nH]c(-c4n[nH]c5ccc(-c6ccccn6)cc45)cc23)c1. The second kappa shape index (κ2) is 7.13. The third-order valence-electron chi connectivity index (χ3n) is 5.68. The average Bonchev–Trinajstić information content (AvgIpc) is 3.42. The lowest BCUT2D eigenvalue weighted by Crippen LogP contribution is -1.85. The third-order valence-corrected chi connectivity index (χ3v) is 5.68. The number of benzene rings is 2. The highest BCUT2D eigenvalue weighted by Gasteiger charge is 2.15.